The van der Waals surface area contributed by atoms with Gasteiger partial charge in [-0.3, -0.25) is 14.4 Å². The Morgan fingerprint density at radius 3 is 2.43 bits per heavy atom. The summed E-state index contributed by atoms with van der Waals surface area (Å²) < 4.78 is 52.9. The maximum atomic E-state index is 13.6. The zero-order valence-electron chi connectivity index (χ0n) is 19.8. The molecule has 2 amide bonds. The maximum absolute atomic E-state index is 13.6. The van der Waals surface area contributed by atoms with Crippen molar-refractivity contribution in [1.82, 2.24) is 4.90 Å². The summed E-state index contributed by atoms with van der Waals surface area (Å²) in [5.74, 6) is -0.418. The van der Waals surface area contributed by atoms with E-state index in [0.29, 0.717) is 18.8 Å². The van der Waals surface area contributed by atoms with Crippen LogP contribution in [0.15, 0.2) is 47.4 Å². The highest BCUT2D eigenvalue weighted by Gasteiger charge is 2.37. The molecule has 1 unspecified atom stereocenters. The molecule has 2 heterocycles. The number of nitrogens with zero attached hydrogens (tertiary/aromatic N) is 2. The number of anilines is 2. The molecule has 0 radical (unpaired) electrons. The van der Waals surface area contributed by atoms with Crippen molar-refractivity contribution in [2.45, 2.75) is 50.2 Å². The molecule has 0 aliphatic carbocycles. The van der Waals surface area contributed by atoms with Gasteiger partial charge < -0.3 is 14.4 Å². The summed E-state index contributed by atoms with van der Waals surface area (Å²) in [5, 5.41) is 2.59. The predicted molar refractivity (Wildman–Crippen MR) is 127 cm³/mol. The van der Waals surface area contributed by atoms with Crippen LogP contribution in [-0.4, -0.2) is 56.7 Å². The highest BCUT2D eigenvalue weighted by atomic mass is 32.2. The molecule has 0 aromatic heterocycles. The summed E-state index contributed by atoms with van der Waals surface area (Å²) in [5.41, 5.74) is -0.221. The van der Waals surface area contributed by atoms with Gasteiger partial charge in [-0.15, -0.1) is 0 Å². The third-order valence-electron chi connectivity index (χ3n) is 5.55. The van der Waals surface area contributed by atoms with E-state index in [4.69, 9.17) is 9.47 Å². The molecule has 2 aromatic carbocycles. The molecule has 1 fully saturated rings. The molecule has 1 saturated heterocycles. The second kappa shape index (κ2) is 9.37. The van der Waals surface area contributed by atoms with E-state index in [1.165, 1.54) is 24.3 Å². The Labute approximate surface area is 203 Å². The fourth-order valence-electron chi connectivity index (χ4n) is 3.77. The smallest absolute Gasteiger partial charge is 0.412 e. The summed E-state index contributed by atoms with van der Waals surface area (Å²) in [6.45, 7) is 6.42. The van der Waals surface area contributed by atoms with E-state index >= 15 is 0 Å². The highest BCUT2D eigenvalue weighted by Crippen LogP contribution is 2.39. The van der Waals surface area contributed by atoms with Gasteiger partial charge >= 0.3 is 6.09 Å². The van der Waals surface area contributed by atoms with Crippen molar-refractivity contribution < 1.29 is 31.9 Å². The van der Waals surface area contributed by atoms with Gasteiger partial charge in [-0.1, -0.05) is 0 Å². The number of benzene rings is 2. The van der Waals surface area contributed by atoms with Gasteiger partial charge in [-0.2, -0.15) is 0 Å². The Bertz CT molecular complexity index is 1220. The molecule has 0 bridgehead atoms. The van der Waals surface area contributed by atoms with Gasteiger partial charge in [0, 0.05) is 18.8 Å². The SMILES string of the molecule is CC(C)(C)OC(=O)Nc1ccc2c(c1)N(S(=O)(=O)c1ccc(F)cc1)CC(CC(=O)N1CCC1)O2. The van der Waals surface area contributed by atoms with Gasteiger partial charge in [0.1, 0.15) is 23.3 Å². The summed E-state index contributed by atoms with van der Waals surface area (Å²) in [6.07, 6.45) is -0.443. The van der Waals surface area contributed by atoms with Crippen LogP contribution in [0.1, 0.15) is 33.6 Å². The Hall–Kier alpha value is -3.34. The first-order valence-corrected chi connectivity index (χ1v) is 12.7. The number of carbonyl (C=O) groups excluding carboxylic acids is 2. The molecular formula is C24H28FN3O6S. The van der Waals surface area contributed by atoms with Gasteiger partial charge in [0.15, 0.2) is 0 Å². The van der Waals surface area contributed by atoms with Crippen LogP contribution in [0.4, 0.5) is 20.6 Å². The lowest BCUT2D eigenvalue weighted by Crippen LogP contribution is -2.48. The number of nitrogens with one attached hydrogen (secondary N) is 1. The molecular weight excluding hydrogens is 477 g/mol. The van der Waals surface area contributed by atoms with Crippen molar-refractivity contribution in [2.24, 2.45) is 0 Å². The average molecular weight is 506 g/mol. The van der Waals surface area contributed by atoms with Crippen LogP contribution in [0.25, 0.3) is 0 Å². The second-order valence-corrected chi connectivity index (χ2v) is 11.3. The third-order valence-corrected chi connectivity index (χ3v) is 7.34. The van der Waals surface area contributed by atoms with Crippen LogP contribution in [0.2, 0.25) is 0 Å². The minimum absolute atomic E-state index is 0.0206. The van der Waals surface area contributed by atoms with E-state index in [2.05, 4.69) is 5.32 Å². The van der Waals surface area contributed by atoms with Gasteiger partial charge in [0.25, 0.3) is 10.0 Å². The Morgan fingerprint density at radius 2 is 1.83 bits per heavy atom. The van der Waals surface area contributed by atoms with Crippen LogP contribution in [0.5, 0.6) is 5.75 Å². The molecule has 2 aliphatic rings. The largest absolute Gasteiger partial charge is 0.486 e. The van der Waals surface area contributed by atoms with Crippen LogP contribution in [0.3, 0.4) is 0 Å². The minimum Gasteiger partial charge on any atom is -0.486 e. The van der Waals surface area contributed by atoms with Gasteiger partial charge in [0.2, 0.25) is 5.91 Å². The quantitative estimate of drug-likeness (QED) is 0.664. The first-order valence-electron chi connectivity index (χ1n) is 11.3. The first-order chi connectivity index (χ1) is 16.4. The zero-order chi connectivity index (χ0) is 25.4. The third kappa shape index (κ3) is 5.67. The van der Waals surface area contributed by atoms with Crippen LogP contribution in [-0.2, 0) is 19.6 Å². The summed E-state index contributed by atoms with van der Waals surface area (Å²) in [6, 6.07) is 9.07. The Kier molecular flexibility index (Phi) is 6.63. The van der Waals surface area contributed by atoms with Crippen molar-refractivity contribution in [3.8, 4) is 5.75 Å². The fraction of sp³-hybridized carbons (Fsp3) is 0.417. The number of amides is 2. The lowest BCUT2D eigenvalue weighted by atomic mass is 10.1. The lowest BCUT2D eigenvalue weighted by Gasteiger charge is -2.37. The monoisotopic (exact) mass is 505 g/mol. The molecule has 9 nitrogen and oxygen atoms in total. The molecule has 0 saturated carbocycles. The van der Waals surface area contributed by atoms with Crippen molar-refractivity contribution in [1.29, 1.82) is 0 Å². The molecule has 2 aromatic rings. The first kappa shape index (κ1) is 24.8. The summed E-state index contributed by atoms with van der Waals surface area (Å²) in [7, 11) is -4.13. The van der Waals surface area contributed by atoms with Crippen LogP contribution in [0, 0.1) is 5.82 Å². The van der Waals surface area contributed by atoms with E-state index in [1.54, 1.807) is 31.7 Å². The fourth-order valence-corrected chi connectivity index (χ4v) is 5.27. The zero-order valence-corrected chi connectivity index (χ0v) is 20.6. The maximum Gasteiger partial charge on any atom is 0.412 e. The number of rotatable bonds is 5. The van der Waals surface area contributed by atoms with Crippen molar-refractivity contribution in [2.75, 3.05) is 29.3 Å². The normalized spacial score (nSPS) is 17.7. The molecule has 11 heteroatoms. The highest BCUT2D eigenvalue weighted by molar-refractivity contribution is 7.92. The predicted octanol–water partition coefficient (Wildman–Crippen LogP) is 3.75. The van der Waals surface area contributed by atoms with E-state index in [0.717, 1.165) is 22.9 Å². The van der Waals surface area contributed by atoms with Crippen molar-refractivity contribution in [3.63, 3.8) is 0 Å². The standard InChI is InChI=1S/C24H28FN3O6S/c1-24(2,3)34-23(30)26-17-7-10-21-20(13-17)28(35(31,32)19-8-5-16(25)6-9-19)15-18(33-21)14-22(29)27-11-4-12-27/h5-10,13,18H,4,11-12,14-15H2,1-3H3,(H,26,30). The van der Waals surface area contributed by atoms with Gasteiger partial charge in [0.05, 0.1) is 23.5 Å². The van der Waals surface area contributed by atoms with E-state index in [9.17, 15) is 22.4 Å². The van der Waals surface area contributed by atoms with Gasteiger partial charge in [-0.05, 0) is 69.7 Å². The number of carbonyl (C=O) groups is 2. The lowest BCUT2D eigenvalue weighted by molar-refractivity contribution is -0.136. The number of sulfonamides is 1. The number of halogens is 1. The van der Waals surface area contributed by atoms with E-state index in [-0.39, 0.29) is 35.2 Å². The minimum atomic E-state index is -4.13. The van der Waals surface area contributed by atoms with Crippen LogP contribution < -0.4 is 14.4 Å². The topological polar surface area (TPSA) is 105 Å². The Balaban J connectivity index is 1.66. The molecule has 35 heavy (non-hydrogen) atoms. The number of likely N-dealkylation sites (tertiary alicyclic amines) is 1. The number of fused-ring (bicyclic) bond motifs is 1. The summed E-state index contributed by atoms with van der Waals surface area (Å²) >= 11 is 0. The Morgan fingerprint density at radius 1 is 1.14 bits per heavy atom. The summed E-state index contributed by atoms with van der Waals surface area (Å²) in [4.78, 5) is 26.4. The molecule has 1 atom stereocenters. The van der Waals surface area contributed by atoms with E-state index < -0.39 is 33.6 Å². The number of hydrogen-bond donors (Lipinski definition) is 1. The average Bonchev–Trinajstić information content (AvgIpc) is 2.71. The number of hydrogen-bond acceptors (Lipinski definition) is 6. The molecule has 4 rings (SSSR count). The van der Waals surface area contributed by atoms with Crippen molar-refractivity contribution >= 4 is 33.4 Å². The molecule has 1 N–H and O–H groups in total. The molecule has 188 valence electrons. The van der Waals surface area contributed by atoms with Crippen LogP contribution >= 0.6 is 0 Å². The second-order valence-electron chi connectivity index (χ2n) is 9.48. The molecule has 0 spiro atoms. The van der Waals surface area contributed by atoms with E-state index in [1.807, 2.05) is 0 Å². The molecule has 2 aliphatic heterocycles. The number of ether oxygens (including phenoxy) is 2. The van der Waals surface area contributed by atoms with Gasteiger partial charge in [-0.25, -0.2) is 17.6 Å². The van der Waals surface area contributed by atoms with Crippen molar-refractivity contribution in [3.05, 3.63) is 48.3 Å².